The fourth-order valence-corrected chi connectivity index (χ4v) is 1.85. The summed E-state index contributed by atoms with van der Waals surface area (Å²) in [7, 11) is 0. The SMILES string of the molecule is FC(F)(F)C1(Cc2ccc(Br)nc2)CC1. The molecule has 0 radical (unpaired) electrons. The highest BCUT2D eigenvalue weighted by Gasteiger charge is 2.62. The lowest BCUT2D eigenvalue weighted by molar-refractivity contribution is -0.186. The highest BCUT2D eigenvalue weighted by atomic mass is 79.9. The number of alkyl halides is 3. The Kier molecular flexibility index (Phi) is 2.53. The highest BCUT2D eigenvalue weighted by molar-refractivity contribution is 9.10. The zero-order valence-electron chi connectivity index (χ0n) is 7.81. The molecule has 1 heterocycles. The third-order valence-electron chi connectivity index (χ3n) is 2.79. The van der Waals surface area contributed by atoms with Gasteiger partial charge in [-0.05, 0) is 46.8 Å². The van der Waals surface area contributed by atoms with Gasteiger partial charge in [0, 0.05) is 6.20 Å². The van der Waals surface area contributed by atoms with Gasteiger partial charge in [0.1, 0.15) is 4.60 Å². The van der Waals surface area contributed by atoms with Crippen LogP contribution in [-0.4, -0.2) is 11.2 Å². The van der Waals surface area contributed by atoms with Gasteiger partial charge >= 0.3 is 6.18 Å². The molecule has 0 N–H and O–H groups in total. The van der Waals surface area contributed by atoms with Crippen LogP contribution in [-0.2, 0) is 6.42 Å². The van der Waals surface area contributed by atoms with Crippen LogP contribution in [0, 0.1) is 5.41 Å². The molecule has 0 aliphatic heterocycles. The van der Waals surface area contributed by atoms with Crippen LogP contribution in [0.4, 0.5) is 13.2 Å². The molecule has 2 rings (SSSR count). The van der Waals surface area contributed by atoms with Crippen molar-refractivity contribution in [3.05, 3.63) is 28.5 Å². The monoisotopic (exact) mass is 279 g/mol. The van der Waals surface area contributed by atoms with Gasteiger partial charge < -0.3 is 0 Å². The lowest BCUT2D eigenvalue weighted by Gasteiger charge is -2.18. The van der Waals surface area contributed by atoms with E-state index in [-0.39, 0.29) is 19.3 Å². The Morgan fingerprint density at radius 2 is 2.00 bits per heavy atom. The van der Waals surface area contributed by atoms with E-state index in [1.54, 1.807) is 12.1 Å². The Morgan fingerprint density at radius 3 is 2.40 bits per heavy atom. The molecule has 0 amide bonds. The van der Waals surface area contributed by atoms with E-state index in [2.05, 4.69) is 20.9 Å². The summed E-state index contributed by atoms with van der Waals surface area (Å²) in [6, 6.07) is 3.35. The van der Waals surface area contributed by atoms with Gasteiger partial charge in [0.05, 0.1) is 5.41 Å². The van der Waals surface area contributed by atoms with Crippen LogP contribution < -0.4 is 0 Å². The fourth-order valence-electron chi connectivity index (χ4n) is 1.61. The summed E-state index contributed by atoms with van der Waals surface area (Å²) in [5, 5.41) is 0. The summed E-state index contributed by atoms with van der Waals surface area (Å²) in [6.45, 7) is 0. The molecule has 0 atom stereocenters. The van der Waals surface area contributed by atoms with Gasteiger partial charge in [-0.1, -0.05) is 6.07 Å². The maximum absolute atomic E-state index is 12.6. The number of nitrogens with zero attached hydrogens (tertiary/aromatic N) is 1. The molecule has 0 saturated heterocycles. The third-order valence-corrected chi connectivity index (χ3v) is 3.26. The molecule has 1 aromatic heterocycles. The lowest BCUT2D eigenvalue weighted by atomic mass is 9.97. The molecular weight excluding hydrogens is 271 g/mol. The first kappa shape index (κ1) is 10.9. The molecule has 0 aromatic carbocycles. The molecule has 82 valence electrons. The fraction of sp³-hybridized carbons (Fsp3) is 0.500. The Morgan fingerprint density at radius 1 is 1.33 bits per heavy atom. The van der Waals surface area contributed by atoms with E-state index in [1.807, 2.05) is 0 Å². The van der Waals surface area contributed by atoms with Crippen LogP contribution in [0.15, 0.2) is 22.9 Å². The summed E-state index contributed by atoms with van der Waals surface area (Å²) in [5.74, 6) is 0. The molecule has 1 saturated carbocycles. The highest BCUT2D eigenvalue weighted by Crippen LogP contribution is 2.59. The first-order valence-corrected chi connectivity index (χ1v) is 5.39. The molecular formula is C10H9BrF3N. The van der Waals surface area contributed by atoms with Crippen LogP contribution in [0.3, 0.4) is 0 Å². The second kappa shape index (κ2) is 3.47. The van der Waals surface area contributed by atoms with Crippen LogP contribution >= 0.6 is 15.9 Å². The minimum Gasteiger partial charge on any atom is -0.249 e. The van der Waals surface area contributed by atoms with Gasteiger partial charge in [0.15, 0.2) is 0 Å². The number of pyridine rings is 1. The van der Waals surface area contributed by atoms with Crippen molar-refractivity contribution in [3.63, 3.8) is 0 Å². The minimum absolute atomic E-state index is 0.0524. The topological polar surface area (TPSA) is 12.9 Å². The standard InChI is InChI=1S/C10H9BrF3N/c11-8-2-1-7(6-15-8)5-9(3-4-9)10(12,13)14/h1-2,6H,3-5H2. The molecule has 0 bridgehead atoms. The first-order chi connectivity index (χ1) is 6.93. The van der Waals surface area contributed by atoms with E-state index in [0.29, 0.717) is 10.2 Å². The van der Waals surface area contributed by atoms with E-state index < -0.39 is 11.6 Å². The summed E-state index contributed by atoms with van der Waals surface area (Å²) in [4.78, 5) is 3.92. The predicted octanol–water partition coefficient (Wildman–Crippen LogP) is 3.73. The molecule has 1 nitrogen and oxygen atoms in total. The van der Waals surface area contributed by atoms with Crippen molar-refractivity contribution in [1.29, 1.82) is 0 Å². The summed E-state index contributed by atoms with van der Waals surface area (Å²) < 4.78 is 38.5. The second-order valence-electron chi connectivity index (χ2n) is 3.94. The normalized spacial score (nSPS) is 18.9. The Balaban J connectivity index is 2.13. The average Bonchev–Trinajstić information content (AvgIpc) is 2.89. The third kappa shape index (κ3) is 2.17. The molecule has 1 aliphatic rings. The van der Waals surface area contributed by atoms with Gasteiger partial charge in [-0.25, -0.2) is 4.98 Å². The van der Waals surface area contributed by atoms with Crippen molar-refractivity contribution >= 4 is 15.9 Å². The molecule has 0 spiro atoms. The van der Waals surface area contributed by atoms with Gasteiger partial charge in [0.25, 0.3) is 0 Å². The van der Waals surface area contributed by atoms with Crippen molar-refractivity contribution in [2.75, 3.05) is 0 Å². The summed E-state index contributed by atoms with van der Waals surface area (Å²) >= 11 is 3.15. The molecule has 15 heavy (non-hydrogen) atoms. The van der Waals surface area contributed by atoms with Gasteiger partial charge in [-0.2, -0.15) is 13.2 Å². The van der Waals surface area contributed by atoms with Crippen LogP contribution in [0.25, 0.3) is 0 Å². The van der Waals surface area contributed by atoms with Crippen molar-refractivity contribution in [3.8, 4) is 0 Å². The Labute approximate surface area is 93.8 Å². The number of halogens is 4. The van der Waals surface area contributed by atoms with Crippen LogP contribution in [0.5, 0.6) is 0 Å². The quantitative estimate of drug-likeness (QED) is 0.752. The molecule has 0 unspecified atom stereocenters. The predicted molar refractivity (Wildman–Crippen MR) is 53.4 cm³/mol. The van der Waals surface area contributed by atoms with Crippen molar-refractivity contribution in [1.82, 2.24) is 4.98 Å². The van der Waals surface area contributed by atoms with E-state index in [9.17, 15) is 13.2 Å². The molecule has 1 aromatic rings. The van der Waals surface area contributed by atoms with Crippen LogP contribution in [0.1, 0.15) is 18.4 Å². The van der Waals surface area contributed by atoms with Gasteiger partial charge in [-0.3, -0.25) is 0 Å². The molecule has 1 aliphatic carbocycles. The van der Waals surface area contributed by atoms with Crippen LogP contribution in [0.2, 0.25) is 0 Å². The zero-order valence-corrected chi connectivity index (χ0v) is 9.40. The largest absolute Gasteiger partial charge is 0.394 e. The number of rotatable bonds is 2. The van der Waals surface area contributed by atoms with Gasteiger partial charge in [0.2, 0.25) is 0 Å². The zero-order chi connectivity index (χ0) is 11.1. The Bertz CT molecular complexity index is 354. The van der Waals surface area contributed by atoms with E-state index in [4.69, 9.17) is 0 Å². The average molecular weight is 280 g/mol. The van der Waals surface area contributed by atoms with E-state index in [0.717, 1.165) is 0 Å². The maximum atomic E-state index is 12.6. The minimum atomic E-state index is -4.08. The number of hydrogen-bond donors (Lipinski definition) is 0. The molecule has 1 fully saturated rings. The second-order valence-corrected chi connectivity index (χ2v) is 4.76. The van der Waals surface area contributed by atoms with E-state index in [1.165, 1.54) is 6.20 Å². The summed E-state index contributed by atoms with van der Waals surface area (Å²) in [6.07, 6.45) is -2.05. The van der Waals surface area contributed by atoms with Crippen molar-refractivity contribution in [2.45, 2.75) is 25.4 Å². The van der Waals surface area contributed by atoms with Gasteiger partial charge in [-0.15, -0.1) is 0 Å². The maximum Gasteiger partial charge on any atom is 0.394 e. The first-order valence-electron chi connectivity index (χ1n) is 4.60. The lowest BCUT2D eigenvalue weighted by Crippen LogP contribution is -2.26. The van der Waals surface area contributed by atoms with E-state index >= 15 is 0 Å². The summed E-state index contributed by atoms with van der Waals surface area (Å²) in [5.41, 5.74) is -0.823. The van der Waals surface area contributed by atoms with Crippen molar-refractivity contribution in [2.24, 2.45) is 5.41 Å². The smallest absolute Gasteiger partial charge is 0.249 e. The number of aromatic nitrogens is 1. The molecule has 5 heteroatoms. The number of hydrogen-bond acceptors (Lipinski definition) is 1. The van der Waals surface area contributed by atoms with Crippen molar-refractivity contribution < 1.29 is 13.2 Å². The Hall–Kier alpha value is -0.580.